The average Bonchev–Trinajstić information content (AvgIpc) is 3.02. The van der Waals surface area contributed by atoms with E-state index in [4.69, 9.17) is 9.47 Å². The Morgan fingerprint density at radius 1 is 1.26 bits per heavy atom. The number of amides is 1. The predicted octanol–water partition coefficient (Wildman–Crippen LogP) is 0.841. The number of nitriles is 1. The first-order valence-corrected chi connectivity index (χ1v) is 9.84. The van der Waals surface area contributed by atoms with Crippen molar-refractivity contribution in [1.29, 1.82) is 5.26 Å². The molecule has 2 aromatic rings. The van der Waals surface area contributed by atoms with Crippen molar-refractivity contribution in [3.8, 4) is 6.07 Å². The molecule has 1 aromatic heterocycles. The SMILES string of the molecule is COCCNC(=O)/C(C#N)=c1\s/c(=C\c2ccccc2C(F)(F)F)c(=O)n1CCOC. The van der Waals surface area contributed by atoms with E-state index < -0.39 is 23.2 Å². The molecule has 7 nitrogen and oxygen atoms in total. The van der Waals surface area contributed by atoms with Crippen LogP contribution in [0.3, 0.4) is 0 Å². The van der Waals surface area contributed by atoms with Crippen LogP contribution in [0.5, 0.6) is 0 Å². The molecule has 2 rings (SSSR count). The van der Waals surface area contributed by atoms with E-state index in [0.717, 1.165) is 28.0 Å². The van der Waals surface area contributed by atoms with Gasteiger partial charge in [-0.1, -0.05) is 18.2 Å². The zero-order valence-corrected chi connectivity index (χ0v) is 17.6. The topological polar surface area (TPSA) is 93.4 Å². The van der Waals surface area contributed by atoms with Gasteiger partial charge in [0.05, 0.1) is 29.9 Å². The van der Waals surface area contributed by atoms with E-state index in [1.54, 1.807) is 6.07 Å². The number of carbonyl (C=O) groups is 1. The summed E-state index contributed by atoms with van der Waals surface area (Å²) in [6.45, 7) is 0.490. The number of ether oxygens (including phenoxy) is 2. The van der Waals surface area contributed by atoms with Gasteiger partial charge in [0.2, 0.25) is 0 Å². The Kier molecular flexibility index (Phi) is 8.56. The van der Waals surface area contributed by atoms with Crippen molar-refractivity contribution in [2.45, 2.75) is 12.7 Å². The molecule has 166 valence electrons. The molecule has 0 radical (unpaired) electrons. The fraction of sp³-hybridized carbons (Fsp3) is 0.350. The Morgan fingerprint density at radius 2 is 1.94 bits per heavy atom. The molecule has 0 bridgehead atoms. The fourth-order valence-corrected chi connectivity index (χ4v) is 3.78. The van der Waals surface area contributed by atoms with Gasteiger partial charge < -0.3 is 14.8 Å². The summed E-state index contributed by atoms with van der Waals surface area (Å²) in [6.07, 6.45) is -3.49. The molecule has 0 aliphatic carbocycles. The zero-order chi connectivity index (χ0) is 23.0. The van der Waals surface area contributed by atoms with E-state index in [1.807, 2.05) is 0 Å². The smallest absolute Gasteiger partial charge is 0.383 e. The monoisotopic (exact) mass is 455 g/mol. The van der Waals surface area contributed by atoms with Crippen LogP contribution >= 0.6 is 11.3 Å². The second-order valence-electron chi connectivity index (χ2n) is 6.19. The second kappa shape index (κ2) is 10.9. The van der Waals surface area contributed by atoms with Crippen molar-refractivity contribution in [1.82, 2.24) is 9.88 Å². The van der Waals surface area contributed by atoms with Gasteiger partial charge in [-0.15, -0.1) is 11.3 Å². The summed E-state index contributed by atoms with van der Waals surface area (Å²) in [7, 11) is 2.86. The summed E-state index contributed by atoms with van der Waals surface area (Å²) in [5.41, 5.74) is -2.03. The lowest BCUT2D eigenvalue weighted by molar-refractivity contribution is -0.137. The van der Waals surface area contributed by atoms with Crippen LogP contribution in [-0.2, 0) is 27.0 Å². The third-order valence-electron chi connectivity index (χ3n) is 4.12. The van der Waals surface area contributed by atoms with E-state index in [1.165, 1.54) is 32.4 Å². The molecule has 1 N–H and O–H groups in total. The summed E-state index contributed by atoms with van der Waals surface area (Å²) in [6, 6.07) is 6.62. The van der Waals surface area contributed by atoms with E-state index >= 15 is 0 Å². The van der Waals surface area contributed by atoms with Gasteiger partial charge in [0.1, 0.15) is 10.7 Å². The molecule has 31 heavy (non-hydrogen) atoms. The Bertz CT molecular complexity index is 1150. The van der Waals surface area contributed by atoms with Gasteiger partial charge in [0.25, 0.3) is 11.5 Å². The minimum Gasteiger partial charge on any atom is -0.383 e. The van der Waals surface area contributed by atoms with Crippen molar-refractivity contribution >= 4 is 28.9 Å². The van der Waals surface area contributed by atoms with Crippen molar-refractivity contribution in [2.75, 3.05) is 34.0 Å². The molecule has 1 aromatic carbocycles. The van der Waals surface area contributed by atoms with Crippen molar-refractivity contribution in [3.05, 3.63) is 54.9 Å². The number of nitrogens with one attached hydrogen (secondary N) is 1. The fourth-order valence-electron chi connectivity index (χ4n) is 2.66. The summed E-state index contributed by atoms with van der Waals surface area (Å²) in [5.74, 6) is -0.714. The number of hydrogen-bond donors (Lipinski definition) is 1. The van der Waals surface area contributed by atoms with Crippen molar-refractivity contribution < 1.29 is 27.4 Å². The molecule has 11 heteroatoms. The minimum atomic E-state index is -4.60. The van der Waals surface area contributed by atoms with E-state index in [0.29, 0.717) is 0 Å². The van der Waals surface area contributed by atoms with E-state index in [9.17, 15) is 28.0 Å². The molecule has 0 spiro atoms. The predicted molar refractivity (Wildman–Crippen MR) is 109 cm³/mol. The molecule has 0 fully saturated rings. The van der Waals surface area contributed by atoms with Crippen LogP contribution in [0.25, 0.3) is 11.6 Å². The highest BCUT2D eigenvalue weighted by atomic mass is 32.1. The number of thiazole rings is 1. The third kappa shape index (κ3) is 6.04. The molecule has 0 aliphatic rings. The summed E-state index contributed by atoms with van der Waals surface area (Å²) in [5, 5.41) is 12.0. The lowest BCUT2D eigenvalue weighted by Gasteiger charge is -2.09. The van der Waals surface area contributed by atoms with Crippen LogP contribution in [0.15, 0.2) is 29.1 Å². The maximum Gasteiger partial charge on any atom is 0.416 e. The van der Waals surface area contributed by atoms with Crippen LogP contribution in [0.2, 0.25) is 0 Å². The van der Waals surface area contributed by atoms with E-state index in [-0.39, 0.29) is 46.6 Å². The van der Waals surface area contributed by atoms with Crippen LogP contribution in [0.1, 0.15) is 11.1 Å². The number of alkyl halides is 3. The van der Waals surface area contributed by atoms with Crippen LogP contribution in [0.4, 0.5) is 13.2 Å². The quantitative estimate of drug-likeness (QED) is 0.596. The maximum absolute atomic E-state index is 13.3. The maximum atomic E-state index is 13.3. The Hall–Kier alpha value is -2.94. The highest BCUT2D eigenvalue weighted by molar-refractivity contribution is 7.07. The molecular weight excluding hydrogens is 435 g/mol. The molecular formula is C20H20F3N3O4S. The molecule has 0 saturated heterocycles. The van der Waals surface area contributed by atoms with Crippen molar-refractivity contribution in [3.63, 3.8) is 0 Å². The summed E-state index contributed by atoms with van der Waals surface area (Å²) in [4.78, 5) is 25.3. The van der Waals surface area contributed by atoms with Crippen molar-refractivity contribution in [2.24, 2.45) is 0 Å². The molecule has 0 unspecified atom stereocenters. The van der Waals surface area contributed by atoms with Gasteiger partial charge in [-0.05, 0) is 17.7 Å². The number of aromatic nitrogens is 1. The van der Waals surface area contributed by atoms with Gasteiger partial charge >= 0.3 is 6.18 Å². The Balaban J connectivity index is 2.73. The highest BCUT2D eigenvalue weighted by Crippen LogP contribution is 2.32. The molecule has 1 amide bonds. The number of carbonyl (C=O) groups excluding carboxylic acids is 1. The number of benzene rings is 1. The first kappa shape index (κ1) is 24.3. The molecule has 0 atom stereocenters. The summed E-state index contributed by atoms with van der Waals surface area (Å²) < 4.78 is 50.9. The molecule has 0 aliphatic heterocycles. The largest absolute Gasteiger partial charge is 0.416 e. The number of methoxy groups -OCH3 is 2. The summed E-state index contributed by atoms with van der Waals surface area (Å²) >= 11 is 0.771. The number of hydrogen-bond acceptors (Lipinski definition) is 6. The first-order valence-electron chi connectivity index (χ1n) is 9.02. The first-order chi connectivity index (χ1) is 14.7. The van der Waals surface area contributed by atoms with Crippen LogP contribution in [0, 0.1) is 11.3 Å². The number of nitrogens with zero attached hydrogens (tertiary/aromatic N) is 2. The molecule has 0 saturated carbocycles. The highest BCUT2D eigenvalue weighted by Gasteiger charge is 2.32. The molecule has 1 heterocycles. The van der Waals surface area contributed by atoms with Crippen LogP contribution < -0.4 is 20.1 Å². The third-order valence-corrected chi connectivity index (χ3v) is 5.25. The van der Waals surface area contributed by atoms with Gasteiger partial charge in [-0.25, -0.2) is 0 Å². The number of rotatable bonds is 8. The minimum absolute atomic E-state index is 0.0203. The van der Waals surface area contributed by atoms with Gasteiger partial charge in [0.15, 0.2) is 5.57 Å². The second-order valence-corrected chi connectivity index (χ2v) is 7.22. The van der Waals surface area contributed by atoms with Gasteiger partial charge in [-0.3, -0.25) is 14.2 Å². The van der Waals surface area contributed by atoms with Crippen LogP contribution in [-0.4, -0.2) is 44.5 Å². The normalized spacial score (nSPS) is 13.1. The lowest BCUT2D eigenvalue weighted by atomic mass is 10.1. The van der Waals surface area contributed by atoms with E-state index in [2.05, 4.69) is 5.32 Å². The zero-order valence-electron chi connectivity index (χ0n) is 16.8. The standard InChI is InChI=1S/C20H20F3N3O4S/c1-29-9-7-25-17(27)14(12-24)19-26(8-10-30-2)18(28)16(31-19)11-13-5-3-4-6-15(13)20(21,22)23/h3-6,11H,7-10H2,1-2H3,(H,25,27)/b16-11-,19-14-. The lowest BCUT2D eigenvalue weighted by Crippen LogP contribution is -2.36. The van der Waals surface area contributed by atoms with Gasteiger partial charge in [-0.2, -0.15) is 18.4 Å². The average molecular weight is 455 g/mol. The Labute approximate surface area is 179 Å². The number of halogens is 3. The van der Waals surface area contributed by atoms with Gasteiger partial charge in [0, 0.05) is 20.8 Å². The Morgan fingerprint density at radius 3 is 2.55 bits per heavy atom.